The van der Waals surface area contributed by atoms with Gasteiger partial charge in [0, 0.05) is 18.9 Å². The number of hydrogen-bond acceptors (Lipinski definition) is 3. The smallest absolute Gasteiger partial charge is 0.175 e. The maximum atomic E-state index is 5.87. The number of para-hydroxylation sites is 1. The minimum atomic E-state index is 0.462. The summed E-state index contributed by atoms with van der Waals surface area (Å²) in [5.74, 6) is 1.17. The summed E-state index contributed by atoms with van der Waals surface area (Å²) in [6, 6.07) is 8.21. The van der Waals surface area contributed by atoms with Gasteiger partial charge < -0.3 is 11.1 Å². The van der Waals surface area contributed by atoms with Crippen molar-refractivity contribution in [2.24, 2.45) is 7.05 Å². The Balaban J connectivity index is 2.33. The number of nitrogens with zero attached hydrogens (tertiary/aromatic N) is 2. The third kappa shape index (κ3) is 2.41. The molecule has 0 bridgehead atoms. The van der Waals surface area contributed by atoms with E-state index in [2.05, 4.69) is 30.3 Å². The van der Waals surface area contributed by atoms with Gasteiger partial charge in [0.25, 0.3) is 0 Å². The molecule has 0 fully saturated rings. The van der Waals surface area contributed by atoms with Gasteiger partial charge in [0.05, 0.1) is 5.69 Å². The van der Waals surface area contributed by atoms with E-state index < -0.39 is 0 Å². The van der Waals surface area contributed by atoms with E-state index in [9.17, 15) is 0 Å². The zero-order valence-corrected chi connectivity index (χ0v) is 10.4. The lowest BCUT2D eigenvalue weighted by Gasteiger charge is -2.13. The summed E-state index contributed by atoms with van der Waals surface area (Å²) in [4.78, 5) is 0. The fraction of sp³-hybridized carbons (Fsp3) is 0.308. The Morgan fingerprint density at radius 2 is 2.00 bits per heavy atom. The minimum absolute atomic E-state index is 0.462. The number of nitrogens with one attached hydrogen (secondary N) is 1. The van der Waals surface area contributed by atoms with Crippen molar-refractivity contribution < 1.29 is 0 Å². The molecule has 0 aliphatic carbocycles. The Hall–Kier alpha value is -1.97. The van der Waals surface area contributed by atoms with E-state index in [1.807, 2.05) is 25.2 Å². The van der Waals surface area contributed by atoms with Crippen LogP contribution in [0.4, 0.5) is 17.2 Å². The van der Waals surface area contributed by atoms with Crippen LogP contribution >= 0.6 is 0 Å². The van der Waals surface area contributed by atoms with Crippen molar-refractivity contribution in [2.75, 3.05) is 11.1 Å². The monoisotopic (exact) mass is 230 g/mol. The van der Waals surface area contributed by atoms with Crippen LogP contribution in [0.1, 0.15) is 25.3 Å². The average molecular weight is 230 g/mol. The standard InChI is InChI=1S/C13H18N4/c1-9(2)10-6-4-5-7-12(10)15-13-11(14)8-17(3)16-13/h4-9H,14H2,1-3H3,(H,15,16). The number of nitrogens with two attached hydrogens (primary N) is 1. The van der Waals surface area contributed by atoms with Gasteiger partial charge in [-0.05, 0) is 17.5 Å². The zero-order chi connectivity index (χ0) is 12.4. The predicted molar refractivity (Wildman–Crippen MR) is 71.4 cm³/mol. The van der Waals surface area contributed by atoms with Crippen LogP contribution in [0.25, 0.3) is 0 Å². The Morgan fingerprint density at radius 3 is 2.59 bits per heavy atom. The van der Waals surface area contributed by atoms with Crippen LogP contribution in [0.3, 0.4) is 0 Å². The van der Waals surface area contributed by atoms with E-state index in [1.54, 1.807) is 10.9 Å². The maximum Gasteiger partial charge on any atom is 0.175 e. The topological polar surface area (TPSA) is 55.9 Å². The van der Waals surface area contributed by atoms with Crippen LogP contribution in [-0.2, 0) is 7.05 Å². The van der Waals surface area contributed by atoms with Crippen LogP contribution < -0.4 is 11.1 Å². The Morgan fingerprint density at radius 1 is 1.29 bits per heavy atom. The first kappa shape index (κ1) is 11.5. The highest BCUT2D eigenvalue weighted by molar-refractivity contribution is 5.70. The van der Waals surface area contributed by atoms with E-state index in [0.29, 0.717) is 17.4 Å². The minimum Gasteiger partial charge on any atom is -0.394 e. The number of nitrogen functional groups attached to an aromatic ring is 1. The van der Waals surface area contributed by atoms with Gasteiger partial charge in [0.15, 0.2) is 5.82 Å². The van der Waals surface area contributed by atoms with Crippen molar-refractivity contribution in [3.8, 4) is 0 Å². The molecule has 4 heteroatoms. The molecule has 17 heavy (non-hydrogen) atoms. The highest BCUT2D eigenvalue weighted by Gasteiger charge is 2.09. The van der Waals surface area contributed by atoms with Crippen molar-refractivity contribution in [1.82, 2.24) is 9.78 Å². The van der Waals surface area contributed by atoms with Gasteiger partial charge in [0.1, 0.15) is 0 Å². The number of rotatable bonds is 3. The van der Waals surface area contributed by atoms with Crippen molar-refractivity contribution in [3.05, 3.63) is 36.0 Å². The highest BCUT2D eigenvalue weighted by atomic mass is 15.3. The van der Waals surface area contributed by atoms with Gasteiger partial charge in [-0.2, -0.15) is 5.10 Å². The van der Waals surface area contributed by atoms with Crippen molar-refractivity contribution in [3.63, 3.8) is 0 Å². The van der Waals surface area contributed by atoms with Gasteiger partial charge in [-0.3, -0.25) is 4.68 Å². The van der Waals surface area contributed by atoms with Crippen LogP contribution in [0, 0.1) is 0 Å². The molecule has 4 nitrogen and oxygen atoms in total. The number of hydrogen-bond donors (Lipinski definition) is 2. The molecular formula is C13H18N4. The molecule has 0 radical (unpaired) electrons. The Labute approximate surface area is 101 Å². The highest BCUT2D eigenvalue weighted by Crippen LogP contribution is 2.28. The first-order chi connectivity index (χ1) is 8.08. The van der Waals surface area contributed by atoms with E-state index in [1.165, 1.54) is 5.56 Å². The second-order valence-electron chi connectivity index (χ2n) is 4.47. The Bertz CT molecular complexity index is 514. The summed E-state index contributed by atoms with van der Waals surface area (Å²) < 4.78 is 1.70. The van der Waals surface area contributed by atoms with Crippen molar-refractivity contribution in [1.29, 1.82) is 0 Å². The van der Waals surface area contributed by atoms with Crippen LogP contribution in [0.15, 0.2) is 30.5 Å². The molecule has 2 aromatic rings. The third-order valence-electron chi connectivity index (χ3n) is 2.69. The summed E-state index contributed by atoms with van der Waals surface area (Å²) >= 11 is 0. The molecule has 90 valence electrons. The van der Waals surface area contributed by atoms with Crippen molar-refractivity contribution in [2.45, 2.75) is 19.8 Å². The normalized spacial score (nSPS) is 10.8. The van der Waals surface area contributed by atoms with Crippen LogP contribution in [-0.4, -0.2) is 9.78 Å². The molecular weight excluding hydrogens is 212 g/mol. The maximum absolute atomic E-state index is 5.87. The molecule has 0 unspecified atom stereocenters. The molecule has 0 aliphatic rings. The van der Waals surface area contributed by atoms with E-state index >= 15 is 0 Å². The summed E-state index contributed by atoms with van der Waals surface area (Å²) in [6.07, 6.45) is 1.79. The van der Waals surface area contributed by atoms with Gasteiger partial charge in [-0.25, -0.2) is 0 Å². The number of aryl methyl sites for hydroxylation is 1. The molecule has 0 atom stereocenters. The number of anilines is 3. The molecule has 1 aromatic carbocycles. The van der Waals surface area contributed by atoms with Gasteiger partial charge in [-0.1, -0.05) is 32.0 Å². The van der Waals surface area contributed by atoms with Gasteiger partial charge in [0.2, 0.25) is 0 Å². The molecule has 0 amide bonds. The SMILES string of the molecule is CC(C)c1ccccc1Nc1nn(C)cc1N. The molecule has 0 saturated carbocycles. The van der Waals surface area contributed by atoms with Gasteiger partial charge >= 0.3 is 0 Å². The van der Waals surface area contributed by atoms with E-state index in [-0.39, 0.29) is 0 Å². The Kier molecular flexibility index (Phi) is 3.04. The fourth-order valence-corrected chi connectivity index (χ4v) is 1.85. The van der Waals surface area contributed by atoms with Crippen molar-refractivity contribution >= 4 is 17.2 Å². The molecule has 1 heterocycles. The molecule has 0 aliphatic heterocycles. The largest absolute Gasteiger partial charge is 0.394 e. The van der Waals surface area contributed by atoms with Crippen LogP contribution in [0.2, 0.25) is 0 Å². The van der Waals surface area contributed by atoms with E-state index in [0.717, 1.165) is 5.69 Å². The first-order valence-corrected chi connectivity index (χ1v) is 5.73. The first-order valence-electron chi connectivity index (χ1n) is 5.73. The average Bonchev–Trinajstić information content (AvgIpc) is 2.58. The molecule has 0 saturated heterocycles. The summed E-state index contributed by atoms with van der Waals surface area (Å²) in [5.41, 5.74) is 8.85. The fourth-order valence-electron chi connectivity index (χ4n) is 1.85. The quantitative estimate of drug-likeness (QED) is 0.852. The summed E-state index contributed by atoms with van der Waals surface area (Å²) in [5, 5.41) is 7.57. The predicted octanol–water partition coefficient (Wildman–Crippen LogP) is 2.87. The molecule has 2 rings (SSSR count). The van der Waals surface area contributed by atoms with Crippen LogP contribution in [0.5, 0.6) is 0 Å². The van der Waals surface area contributed by atoms with E-state index in [4.69, 9.17) is 5.73 Å². The third-order valence-corrected chi connectivity index (χ3v) is 2.69. The molecule has 0 spiro atoms. The lowest BCUT2D eigenvalue weighted by atomic mass is 10.0. The number of aromatic nitrogens is 2. The summed E-state index contributed by atoms with van der Waals surface area (Å²) in [6.45, 7) is 4.34. The second kappa shape index (κ2) is 4.49. The lowest BCUT2D eigenvalue weighted by molar-refractivity contribution is 0.771. The molecule has 1 aromatic heterocycles. The zero-order valence-electron chi connectivity index (χ0n) is 10.4. The van der Waals surface area contributed by atoms with Gasteiger partial charge in [-0.15, -0.1) is 0 Å². The second-order valence-corrected chi connectivity index (χ2v) is 4.47. The lowest BCUT2D eigenvalue weighted by Crippen LogP contribution is -2.00. The molecule has 3 N–H and O–H groups in total. The number of benzene rings is 1. The summed E-state index contributed by atoms with van der Waals surface area (Å²) in [7, 11) is 1.86.